The van der Waals surface area contributed by atoms with Gasteiger partial charge in [-0.3, -0.25) is 0 Å². The third-order valence-electron chi connectivity index (χ3n) is 4.04. The number of hydrogen-bond donors (Lipinski definition) is 7. The second-order valence-corrected chi connectivity index (χ2v) is 5.84. The molecule has 0 aromatic heterocycles. The summed E-state index contributed by atoms with van der Waals surface area (Å²) in [6, 6.07) is 0. The lowest BCUT2D eigenvalue weighted by Gasteiger charge is -2.43. The maximum Gasteiger partial charge on any atom is 0.224 e. The second kappa shape index (κ2) is 7.42. The van der Waals surface area contributed by atoms with Crippen molar-refractivity contribution >= 4 is 11.6 Å². The van der Waals surface area contributed by atoms with E-state index in [9.17, 15) is 30.6 Å². The Kier molecular flexibility index (Phi) is 6.20. The zero-order valence-electron chi connectivity index (χ0n) is 12.0. The number of halogens is 1. The average molecular weight is 361 g/mol. The summed E-state index contributed by atoms with van der Waals surface area (Å²) in [5.41, 5.74) is 0. The number of hydrogen-bond acceptors (Lipinski definition) is 10. The summed E-state index contributed by atoms with van der Waals surface area (Å²) < 4.78 is 15.6. The summed E-state index contributed by atoms with van der Waals surface area (Å²) in [5, 5.41) is 67.8. The Labute approximate surface area is 136 Å². The number of alkyl halides is 1. The molecule has 2 rings (SSSR count). The summed E-state index contributed by atoms with van der Waals surface area (Å²) in [5.74, 6) is -2.34. The predicted octanol–water partition coefficient (Wildman–Crippen LogP) is -4.15. The van der Waals surface area contributed by atoms with Gasteiger partial charge in [0.1, 0.15) is 49.3 Å². The van der Waals surface area contributed by atoms with Crippen molar-refractivity contribution in [3.05, 3.63) is 0 Å². The molecule has 0 amide bonds. The van der Waals surface area contributed by atoms with Crippen LogP contribution in [0.3, 0.4) is 0 Å². The topological polar surface area (TPSA) is 169 Å². The molecule has 0 unspecified atom stereocenters. The first-order valence-electron chi connectivity index (χ1n) is 7.00. The zero-order valence-corrected chi connectivity index (χ0v) is 12.7. The van der Waals surface area contributed by atoms with Crippen LogP contribution in [0.2, 0.25) is 0 Å². The summed E-state index contributed by atoms with van der Waals surface area (Å²) >= 11 is 5.59. The van der Waals surface area contributed by atoms with Crippen molar-refractivity contribution in [1.29, 1.82) is 0 Å². The van der Waals surface area contributed by atoms with E-state index in [4.69, 9.17) is 30.9 Å². The van der Waals surface area contributed by atoms with Crippen molar-refractivity contribution in [2.45, 2.75) is 54.8 Å². The highest BCUT2D eigenvalue weighted by Crippen LogP contribution is 2.36. The van der Waals surface area contributed by atoms with Gasteiger partial charge in [-0.05, 0) is 0 Å². The molecular weight excluding hydrogens is 340 g/mol. The van der Waals surface area contributed by atoms with Crippen LogP contribution >= 0.6 is 11.6 Å². The maximum absolute atomic E-state index is 10.1. The van der Waals surface area contributed by atoms with Gasteiger partial charge in [-0.25, -0.2) is 0 Å². The van der Waals surface area contributed by atoms with Crippen molar-refractivity contribution < 1.29 is 50.0 Å². The average Bonchev–Trinajstić information content (AvgIpc) is 2.80. The van der Waals surface area contributed by atoms with Gasteiger partial charge in [-0.15, -0.1) is 11.6 Å². The normalized spacial score (nSPS) is 51.1. The summed E-state index contributed by atoms with van der Waals surface area (Å²) in [4.78, 5) is 0. The first kappa shape index (κ1) is 19.2. The minimum atomic E-state index is -2.15. The van der Waals surface area contributed by atoms with Crippen LogP contribution in [0.5, 0.6) is 0 Å². The van der Waals surface area contributed by atoms with Crippen molar-refractivity contribution in [2.24, 2.45) is 0 Å². The highest BCUT2D eigenvalue weighted by Gasteiger charge is 2.58. The fraction of sp³-hybridized carbons (Fsp3) is 1.00. The second-order valence-electron chi connectivity index (χ2n) is 5.53. The minimum Gasteiger partial charge on any atom is -0.394 e. The SMILES string of the molecule is OC[C@H]1O[C@H](O[C@@]2(CO)O[C@H](CCl)[C@@H](O)[C@@H]2O)[C@H](O)[C@@H](O)[C@@H]1O. The molecule has 10 nitrogen and oxygen atoms in total. The zero-order chi connectivity index (χ0) is 17.4. The Bertz CT molecular complexity index is 398. The first-order chi connectivity index (χ1) is 10.8. The van der Waals surface area contributed by atoms with E-state index in [0.717, 1.165) is 0 Å². The molecule has 2 aliphatic heterocycles. The van der Waals surface area contributed by atoms with Gasteiger partial charge >= 0.3 is 0 Å². The molecule has 0 aromatic rings. The number of aliphatic hydroxyl groups excluding tert-OH is 7. The van der Waals surface area contributed by atoms with Crippen LogP contribution in [0.1, 0.15) is 0 Å². The highest BCUT2D eigenvalue weighted by molar-refractivity contribution is 6.18. The Morgan fingerprint density at radius 3 is 2.04 bits per heavy atom. The molecule has 23 heavy (non-hydrogen) atoms. The maximum atomic E-state index is 10.1. The Hall–Kier alpha value is -0.110. The highest BCUT2D eigenvalue weighted by atomic mass is 35.5. The van der Waals surface area contributed by atoms with Gasteiger partial charge in [0, 0.05) is 0 Å². The van der Waals surface area contributed by atoms with Gasteiger partial charge in [-0.2, -0.15) is 0 Å². The van der Waals surface area contributed by atoms with E-state index < -0.39 is 68.0 Å². The largest absolute Gasteiger partial charge is 0.394 e. The van der Waals surface area contributed by atoms with Crippen LogP contribution in [-0.4, -0.2) is 110 Å². The van der Waals surface area contributed by atoms with E-state index in [1.165, 1.54) is 0 Å². The number of rotatable bonds is 5. The van der Waals surface area contributed by atoms with Crippen LogP contribution in [0.4, 0.5) is 0 Å². The Morgan fingerprint density at radius 2 is 1.57 bits per heavy atom. The van der Waals surface area contributed by atoms with Crippen molar-refractivity contribution in [3.8, 4) is 0 Å². The third kappa shape index (κ3) is 3.34. The number of aliphatic hydroxyl groups is 7. The molecule has 2 aliphatic rings. The fourth-order valence-electron chi connectivity index (χ4n) is 2.61. The minimum absolute atomic E-state index is 0.196. The van der Waals surface area contributed by atoms with Crippen molar-refractivity contribution in [2.75, 3.05) is 19.1 Å². The van der Waals surface area contributed by atoms with E-state index in [2.05, 4.69) is 0 Å². The van der Waals surface area contributed by atoms with E-state index in [1.807, 2.05) is 0 Å². The molecule has 0 spiro atoms. The van der Waals surface area contributed by atoms with Gasteiger partial charge in [0.15, 0.2) is 6.29 Å². The molecule has 11 heteroatoms. The monoisotopic (exact) mass is 360 g/mol. The van der Waals surface area contributed by atoms with Crippen LogP contribution in [0.25, 0.3) is 0 Å². The number of ether oxygens (including phenoxy) is 3. The van der Waals surface area contributed by atoms with Gasteiger partial charge in [0.25, 0.3) is 0 Å². The molecule has 0 radical (unpaired) electrons. The molecule has 7 N–H and O–H groups in total. The molecule has 2 fully saturated rings. The molecule has 2 heterocycles. The van der Waals surface area contributed by atoms with E-state index in [1.54, 1.807) is 0 Å². The van der Waals surface area contributed by atoms with Crippen LogP contribution in [0.15, 0.2) is 0 Å². The molecule has 2 saturated heterocycles. The molecule has 0 saturated carbocycles. The molecule has 0 aliphatic carbocycles. The molecular formula is C12H21ClO10. The quantitative estimate of drug-likeness (QED) is 0.239. The summed E-state index contributed by atoms with van der Waals surface area (Å²) in [6.45, 7) is -1.58. The van der Waals surface area contributed by atoms with Gasteiger partial charge in [-0.1, -0.05) is 0 Å². The van der Waals surface area contributed by atoms with Gasteiger partial charge in [0.2, 0.25) is 5.79 Å². The van der Waals surface area contributed by atoms with Crippen LogP contribution in [-0.2, 0) is 14.2 Å². The van der Waals surface area contributed by atoms with Crippen LogP contribution in [0, 0.1) is 0 Å². The molecule has 0 aromatic carbocycles. The van der Waals surface area contributed by atoms with Crippen molar-refractivity contribution in [1.82, 2.24) is 0 Å². The summed E-state index contributed by atoms with van der Waals surface area (Å²) in [7, 11) is 0. The van der Waals surface area contributed by atoms with Crippen molar-refractivity contribution in [3.63, 3.8) is 0 Å². The standard InChI is InChI=1S/C12H21ClO10/c13-1-4-7(17)10(20)12(3-15,22-4)23-11-9(19)8(18)6(16)5(2-14)21-11/h4-11,14-20H,1-3H2/t4-,5-,6-,7-,8+,9-,10+,11-,12-/m1/s1. The third-order valence-corrected chi connectivity index (χ3v) is 4.35. The molecule has 9 atom stereocenters. The Balaban J connectivity index is 2.18. The lowest BCUT2D eigenvalue weighted by molar-refractivity contribution is -0.382. The van der Waals surface area contributed by atoms with E-state index in [-0.39, 0.29) is 5.88 Å². The van der Waals surface area contributed by atoms with Gasteiger partial charge < -0.3 is 50.0 Å². The molecule has 0 bridgehead atoms. The molecule has 136 valence electrons. The van der Waals surface area contributed by atoms with Gasteiger partial charge in [0.05, 0.1) is 12.5 Å². The lowest BCUT2D eigenvalue weighted by Crippen LogP contribution is -2.62. The first-order valence-corrected chi connectivity index (χ1v) is 7.54. The Morgan fingerprint density at radius 1 is 0.913 bits per heavy atom. The van der Waals surface area contributed by atoms with E-state index >= 15 is 0 Å². The van der Waals surface area contributed by atoms with E-state index in [0.29, 0.717) is 0 Å². The lowest BCUT2D eigenvalue weighted by atomic mass is 9.99. The smallest absolute Gasteiger partial charge is 0.224 e. The summed E-state index contributed by atoms with van der Waals surface area (Å²) in [6.07, 6.45) is -12.1. The predicted molar refractivity (Wildman–Crippen MR) is 72.3 cm³/mol. The van der Waals surface area contributed by atoms with Crippen LogP contribution < -0.4 is 0 Å². The fourth-order valence-corrected chi connectivity index (χ4v) is 2.85.